The van der Waals surface area contributed by atoms with Crippen LogP contribution in [0.2, 0.25) is 6.32 Å². The van der Waals surface area contributed by atoms with Gasteiger partial charge in [0, 0.05) is 0 Å². The predicted molar refractivity (Wildman–Crippen MR) is 27.4 cm³/mol. The van der Waals surface area contributed by atoms with Gasteiger partial charge < -0.3 is 5.02 Å². The first-order chi connectivity index (χ1) is 2.27. The van der Waals surface area contributed by atoms with Crippen LogP contribution < -0.4 is 0 Å². The highest BCUT2D eigenvalue weighted by atomic mass is 79.9. The van der Waals surface area contributed by atoms with Crippen molar-refractivity contribution >= 4 is 21.5 Å². The summed E-state index contributed by atoms with van der Waals surface area (Å²) in [4.78, 5) is 0. The molecule has 3 heteroatoms. The third-order valence-electron chi connectivity index (χ3n) is 0.337. The molecule has 0 heterocycles. The van der Waals surface area contributed by atoms with Gasteiger partial charge in [0.2, 0.25) is 0 Å². The second-order valence-electron chi connectivity index (χ2n) is 0.843. The molecule has 1 N–H and O–H groups in total. The largest absolute Gasteiger partial charge is 0.441 e. The van der Waals surface area contributed by atoms with Gasteiger partial charge in [0.15, 0.2) is 0 Å². The van der Waals surface area contributed by atoms with Crippen LogP contribution in [0.1, 0.15) is 6.92 Å². The molecule has 5 heavy (non-hydrogen) atoms. The molecule has 0 aliphatic carbocycles. The molecule has 0 amide bonds. The summed E-state index contributed by atoms with van der Waals surface area (Å²) in [6, 6.07) is 0. The Bertz CT molecular complexity index is 23.6. The SMILES string of the molecule is CCB(O)Br. The predicted octanol–water partition coefficient (Wildman–Crippen LogP) is 0.882. The number of halogens is 1. The number of hydrogen-bond acceptors (Lipinski definition) is 1. The summed E-state index contributed by atoms with van der Waals surface area (Å²) in [5, 5.41) is 8.28. The van der Waals surface area contributed by atoms with Crippen LogP contribution in [-0.2, 0) is 0 Å². The molecule has 0 aromatic carbocycles. The molecule has 0 aromatic rings. The van der Waals surface area contributed by atoms with E-state index in [0.717, 1.165) is 6.32 Å². The Morgan fingerprint density at radius 2 is 2.20 bits per heavy atom. The maximum atomic E-state index is 8.28. The van der Waals surface area contributed by atoms with E-state index < -0.39 is 0 Å². The average molecular weight is 137 g/mol. The third kappa shape index (κ3) is 4.50. The molecule has 0 fully saturated rings. The van der Waals surface area contributed by atoms with Crippen molar-refractivity contribution in [1.29, 1.82) is 0 Å². The molecule has 0 unspecified atom stereocenters. The van der Waals surface area contributed by atoms with Crippen LogP contribution in [0, 0.1) is 0 Å². The van der Waals surface area contributed by atoms with Crippen LogP contribution in [0.5, 0.6) is 0 Å². The summed E-state index contributed by atoms with van der Waals surface area (Å²) in [6.45, 7) is 1.90. The zero-order valence-corrected chi connectivity index (χ0v) is 4.70. The fourth-order valence-electron chi connectivity index (χ4n) is 0. The smallest absolute Gasteiger partial charge is 0.367 e. The van der Waals surface area contributed by atoms with E-state index in [9.17, 15) is 0 Å². The normalized spacial score (nSPS) is 7.80. The lowest BCUT2D eigenvalue weighted by Gasteiger charge is -1.80. The van der Waals surface area contributed by atoms with E-state index in [1.807, 2.05) is 6.92 Å². The molecular formula is C2H6BBrO. The van der Waals surface area contributed by atoms with Crippen molar-refractivity contribution in [3.05, 3.63) is 0 Å². The van der Waals surface area contributed by atoms with Crippen molar-refractivity contribution in [3.8, 4) is 0 Å². The molecule has 0 saturated carbocycles. The number of rotatable bonds is 1. The Morgan fingerprint density at radius 3 is 2.20 bits per heavy atom. The van der Waals surface area contributed by atoms with E-state index in [1.165, 1.54) is 0 Å². The zero-order valence-electron chi connectivity index (χ0n) is 3.11. The van der Waals surface area contributed by atoms with Gasteiger partial charge in [-0.15, -0.1) is 15.8 Å². The van der Waals surface area contributed by atoms with E-state index in [4.69, 9.17) is 5.02 Å². The van der Waals surface area contributed by atoms with Crippen molar-refractivity contribution < 1.29 is 5.02 Å². The first-order valence-electron chi connectivity index (χ1n) is 1.59. The van der Waals surface area contributed by atoms with Crippen LogP contribution in [0.25, 0.3) is 0 Å². The van der Waals surface area contributed by atoms with Gasteiger partial charge in [-0.25, -0.2) is 0 Å². The third-order valence-corrected chi connectivity index (χ3v) is 0.984. The molecule has 0 bridgehead atoms. The van der Waals surface area contributed by atoms with Gasteiger partial charge in [0.05, 0.1) is 0 Å². The Balaban J connectivity index is 2.54. The van der Waals surface area contributed by atoms with Crippen LogP contribution in [0.4, 0.5) is 0 Å². The van der Waals surface area contributed by atoms with Crippen molar-refractivity contribution in [1.82, 2.24) is 0 Å². The van der Waals surface area contributed by atoms with Gasteiger partial charge in [-0.1, -0.05) is 6.92 Å². The second kappa shape index (κ2) is 2.73. The van der Waals surface area contributed by atoms with Crippen molar-refractivity contribution in [2.45, 2.75) is 13.2 Å². The van der Waals surface area contributed by atoms with Gasteiger partial charge in [0.25, 0.3) is 0 Å². The van der Waals surface area contributed by atoms with Gasteiger partial charge in [-0.05, 0) is 6.32 Å². The topological polar surface area (TPSA) is 20.2 Å². The molecule has 0 aromatic heterocycles. The quantitative estimate of drug-likeness (QED) is 0.531. The Hall–Kier alpha value is 0.505. The van der Waals surface area contributed by atoms with Gasteiger partial charge in [0.1, 0.15) is 0 Å². The maximum absolute atomic E-state index is 8.28. The molecule has 30 valence electrons. The fraction of sp³-hybridized carbons (Fsp3) is 1.00. The van der Waals surface area contributed by atoms with Crippen molar-refractivity contribution in [2.24, 2.45) is 0 Å². The minimum absolute atomic E-state index is 0.303. The van der Waals surface area contributed by atoms with Crippen LogP contribution in [0.3, 0.4) is 0 Å². The molecule has 0 aliphatic rings. The minimum atomic E-state index is -0.303. The lowest BCUT2D eigenvalue weighted by Crippen LogP contribution is -1.94. The molecule has 0 aliphatic heterocycles. The summed E-state index contributed by atoms with van der Waals surface area (Å²) >= 11 is 2.93. The highest BCUT2D eigenvalue weighted by Gasteiger charge is 1.95. The zero-order chi connectivity index (χ0) is 4.28. The highest BCUT2D eigenvalue weighted by Crippen LogP contribution is 1.91. The van der Waals surface area contributed by atoms with Gasteiger partial charge in [-0.3, -0.25) is 0 Å². The fourth-order valence-corrected chi connectivity index (χ4v) is 0. The Morgan fingerprint density at radius 1 is 2.00 bits per heavy atom. The van der Waals surface area contributed by atoms with Crippen LogP contribution in [0.15, 0.2) is 0 Å². The van der Waals surface area contributed by atoms with E-state index in [1.54, 1.807) is 0 Å². The second-order valence-corrected chi connectivity index (χ2v) is 1.90. The summed E-state index contributed by atoms with van der Waals surface area (Å²) in [6.07, 6.45) is 0.778. The van der Waals surface area contributed by atoms with Crippen LogP contribution >= 0.6 is 15.8 Å². The molecular weight excluding hydrogens is 131 g/mol. The standard InChI is InChI=1S/C2H6BBrO/c1-2-3(4)5/h5H,2H2,1H3. The molecule has 0 spiro atoms. The summed E-state index contributed by atoms with van der Waals surface area (Å²) in [7, 11) is 0. The molecule has 0 rings (SSSR count). The molecule has 0 saturated heterocycles. The van der Waals surface area contributed by atoms with E-state index in [-0.39, 0.29) is 5.74 Å². The van der Waals surface area contributed by atoms with Gasteiger partial charge in [-0.2, -0.15) is 0 Å². The van der Waals surface area contributed by atoms with E-state index in [2.05, 4.69) is 15.8 Å². The van der Waals surface area contributed by atoms with Crippen LogP contribution in [-0.4, -0.2) is 10.8 Å². The summed E-state index contributed by atoms with van der Waals surface area (Å²) < 4.78 is 0. The monoisotopic (exact) mass is 136 g/mol. The highest BCUT2D eigenvalue weighted by molar-refractivity contribution is 9.24. The van der Waals surface area contributed by atoms with E-state index >= 15 is 0 Å². The molecule has 0 atom stereocenters. The lowest BCUT2D eigenvalue weighted by molar-refractivity contribution is 0.597. The lowest BCUT2D eigenvalue weighted by atomic mass is 9.98. The Labute approximate surface area is 40.5 Å². The van der Waals surface area contributed by atoms with Crippen molar-refractivity contribution in [3.63, 3.8) is 0 Å². The first-order valence-corrected chi connectivity index (χ1v) is 2.51. The van der Waals surface area contributed by atoms with Crippen molar-refractivity contribution in [2.75, 3.05) is 0 Å². The number of hydrogen-bond donors (Lipinski definition) is 1. The van der Waals surface area contributed by atoms with Gasteiger partial charge >= 0.3 is 5.74 Å². The average Bonchev–Trinajstić information content (AvgIpc) is 1.38. The van der Waals surface area contributed by atoms with E-state index in [0.29, 0.717) is 0 Å². The molecule has 0 radical (unpaired) electrons. The maximum Gasteiger partial charge on any atom is 0.367 e. The Kier molecular flexibility index (Phi) is 3.00. The summed E-state index contributed by atoms with van der Waals surface area (Å²) in [5.41, 5.74) is -0.303. The first kappa shape index (κ1) is 5.50. The minimum Gasteiger partial charge on any atom is -0.441 e. The summed E-state index contributed by atoms with van der Waals surface area (Å²) in [5.74, 6) is 0. The molecule has 1 nitrogen and oxygen atoms in total.